The van der Waals surface area contributed by atoms with E-state index in [-0.39, 0.29) is 6.04 Å². The Balaban J connectivity index is 1.60. The van der Waals surface area contributed by atoms with Crippen LogP contribution in [0.3, 0.4) is 0 Å². The van der Waals surface area contributed by atoms with E-state index in [0.29, 0.717) is 0 Å². The number of benzene rings is 1. The maximum Gasteiger partial charge on any atom is 0.0594 e. The van der Waals surface area contributed by atoms with Crippen molar-refractivity contribution in [3.05, 3.63) is 36.0 Å². The number of hydrogen-bond acceptors (Lipinski definition) is 3. The van der Waals surface area contributed by atoms with Crippen LogP contribution in [0.5, 0.6) is 0 Å². The second-order valence-corrected chi connectivity index (χ2v) is 5.17. The van der Waals surface area contributed by atoms with Crippen LogP contribution in [0.25, 0.3) is 10.9 Å². The first-order valence-electron chi connectivity index (χ1n) is 6.96. The summed E-state index contributed by atoms with van der Waals surface area (Å²) < 4.78 is 5.35. The van der Waals surface area contributed by atoms with Crippen molar-refractivity contribution in [2.45, 2.75) is 12.5 Å². The number of aromatic nitrogens is 1. The molecule has 0 amide bonds. The fourth-order valence-electron chi connectivity index (χ4n) is 2.61. The largest absolute Gasteiger partial charge is 0.379 e. The number of nitrogens with zero attached hydrogens (tertiary/aromatic N) is 1. The number of rotatable bonds is 4. The SMILES string of the molecule is NC(CCN1CCOCC1)c1ccc2cc[nH]c2c1. The third-order valence-electron chi connectivity index (χ3n) is 3.87. The van der Waals surface area contributed by atoms with Gasteiger partial charge in [-0.1, -0.05) is 12.1 Å². The lowest BCUT2D eigenvalue weighted by Gasteiger charge is -2.27. The molecule has 1 aromatic carbocycles. The highest BCUT2D eigenvalue weighted by molar-refractivity contribution is 5.79. The van der Waals surface area contributed by atoms with Gasteiger partial charge in [-0.05, 0) is 29.5 Å². The zero-order valence-electron chi connectivity index (χ0n) is 11.1. The number of nitrogens with two attached hydrogens (primary N) is 1. The van der Waals surface area contributed by atoms with Crippen molar-refractivity contribution in [3.63, 3.8) is 0 Å². The highest BCUT2D eigenvalue weighted by Gasteiger charge is 2.13. The Hall–Kier alpha value is -1.36. The lowest BCUT2D eigenvalue weighted by molar-refractivity contribution is 0.0366. The standard InChI is InChI=1S/C15H21N3O/c16-14(4-6-18-7-9-19-10-8-18)13-2-1-12-3-5-17-15(12)11-13/h1-3,5,11,14,17H,4,6-10,16H2. The number of fused-ring (bicyclic) bond motifs is 1. The van der Waals surface area contributed by atoms with E-state index in [1.54, 1.807) is 0 Å². The molecule has 1 aliphatic rings. The van der Waals surface area contributed by atoms with Gasteiger partial charge in [0, 0.05) is 37.4 Å². The van der Waals surface area contributed by atoms with Gasteiger partial charge in [0.1, 0.15) is 0 Å². The van der Waals surface area contributed by atoms with Gasteiger partial charge in [0.25, 0.3) is 0 Å². The van der Waals surface area contributed by atoms with Gasteiger partial charge in [0.05, 0.1) is 13.2 Å². The van der Waals surface area contributed by atoms with Gasteiger partial charge in [-0.2, -0.15) is 0 Å². The first-order chi connectivity index (χ1) is 9.33. The number of H-pyrrole nitrogens is 1. The molecule has 4 heteroatoms. The molecule has 4 nitrogen and oxygen atoms in total. The molecule has 1 unspecified atom stereocenters. The highest BCUT2D eigenvalue weighted by Crippen LogP contribution is 2.20. The normalized spacial score (nSPS) is 18.8. The molecule has 1 aliphatic heterocycles. The summed E-state index contributed by atoms with van der Waals surface area (Å²) in [4.78, 5) is 5.66. The van der Waals surface area contributed by atoms with Crippen molar-refractivity contribution < 1.29 is 4.74 Å². The molecule has 0 saturated carbocycles. The van der Waals surface area contributed by atoms with Crippen LogP contribution in [0, 0.1) is 0 Å². The minimum absolute atomic E-state index is 0.107. The third-order valence-corrected chi connectivity index (χ3v) is 3.87. The zero-order valence-corrected chi connectivity index (χ0v) is 11.1. The summed E-state index contributed by atoms with van der Waals surface area (Å²) in [6.45, 7) is 4.81. The third kappa shape index (κ3) is 2.97. The van der Waals surface area contributed by atoms with Crippen LogP contribution in [-0.4, -0.2) is 42.7 Å². The van der Waals surface area contributed by atoms with Gasteiger partial charge in [-0.15, -0.1) is 0 Å². The number of morpholine rings is 1. The maximum absolute atomic E-state index is 6.30. The summed E-state index contributed by atoms with van der Waals surface area (Å²) in [7, 11) is 0. The van der Waals surface area contributed by atoms with Crippen LogP contribution in [0.4, 0.5) is 0 Å². The summed E-state index contributed by atoms with van der Waals surface area (Å²) in [6, 6.07) is 8.63. The van der Waals surface area contributed by atoms with E-state index in [0.717, 1.165) is 39.3 Å². The van der Waals surface area contributed by atoms with E-state index in [1.807, 2.05) is 6.20 Å². The van der Waals surface area contributed by atoms with Crippen molar-refractivity contribution in [2.24, 2.45) is 5.73 Å². The first-order valence-corrected chi connectivity index (χ1v) is 6.96. The predicted molar refractivity (Wildman–Crippen MR) is 77.1 cm³/mol. The minimum atomic E-state index is 0.107. The Morgan fingerprint density at radius 3 is 2.95 bits per heavy atom. The molecule has 1 atom stereocenters. The maximum atomic E-state index is 6.30. The molecule has 0 radical (unpaired) electrons. The Bertz CT molecular complexity index is 531. The van der Waals surface area contributed by atoms with E-state index >= 15 is 0 Å². The summed E-state index contributed by atoms with van der Waals surface area (Å²) in [5.74, 6) is 0. The topological polar surface area (TPSA) is 54.3 Å². The molecule has 2 aromatic rings. The van der Waals surface area contributed by atoms with E-state index in [9.17, 15) is 0 Å². The quantitative estimate of drug-likeness (QED) is 0.881. The van der Waals surface area contributed by atoms with Crippen molar-refractivity contribution >= 4 is 10.9 Å². The molecule has 3 rings (SSSR count). The van der Waals surface area contributed by atoms with E-state index in [2.05, 4.69) is 34.1 Å². The summed E-state index contributed by atoms with van der Waals surface area (Å²) in [6.07, 6.45) is 2.96. The highest BCUT2D eigenvalue weighted by atomic mass is 16.5. The molecule has 2 heterocycles. The second kappa shape index (κ2) is 5.74. The van der Waals surface area contributed by atoms with E-state index in [4.69, 9.17) is 10.5 Å². The zero-order chi connectivity index (χ0) is 13.1. The Morgan fingerprint density at radius 1 is 1.26 bits per heavy atom. The van der Waals surface area contributed by atoms with Crippen LogP contribution in [0.1, 0.15) is 18.0 Å². The summed E-state index contributed by atoms with van der Waals surface area (Å²) >= 11 is 0. The molecule has 19 heavy (non-hydrogen) atoms. The van der Waals surface area contributed by atoms with Crippen LogP contribution < -0.4 is 5.73 Å². The van der Waals surface area contributed by atoms with Gasteiger partial charge in [-0.25, -0.2) is 0 Å². The van der Waals surface area contributed by atoms with Crippen LogP contribution >= 0.6 is 0 Å². The smallest absolute Gasteiger partial charge is 0.0594 e. The number of aromatic amines is 1. The molecule has 1 fully saturated rings. The predicted octanol–water partition coefficient (Wildman–Crippen LogP) is 1.89. The average molecular weight is 259 g/mol. The fraction of sp³-hybridized carbons (Fsp3) is 0.467. The monoisotopic (exact) mass is 259 g/mol. The van der Waals surface area contributed by atoms with Crippen molar-refractivity contribution in [1.82, 2.24) is 9.88 Å². The van der Waals surface area contributed by atoms with Crippen molar-refractivity contribution in [1.29, 1.82) is 0 Å². The Kier molecular flexibility index (Phi) is 3.82. The molecule has 0 spiro atoms. The molecule has 1 aromatic heterocycles. The van der Waals surface area contributed by atoms with Crippen LogP contribution in [0.2, 0.25) is 0 Å². The van der Waals surface area contributed by atoms with Gasteiger partial charge in [-0.3, -0.25) is 4.90 Å². The Morgan fingerprint density at radius 2 is 2.11 bits per heavy atom. The molecule has 3 N–H and O–H groups in total. The number of ether oxygens (including phenoxy) is 1. The lowest BCUT2D eigenvalue weighted by atomic mass is 10.0. The van der Waals surface area contributed by atoms with Gasteiger partial charge in [0.15, 0.2) is 0 Å². The summed E-state index contributed by atoms with van der Waals surface area (Å²) in [5, 5.41) is 1.24. The molecule has 0 aliphatic carbocycles. The van der Waals surface area contributed by atoms with Gasteiger partial charge in [0.2, 0.25) is 0 Å². The van der Waals surface area contributed by atoms with Crippen molar-refractivity contribution in [3.8, 4) is 0 Å². The lowest BCUT2D eigenvalue weighted by Crippen LogP contribution is -2.37. The Labute approximate surface area is 113 Å². The van der Waals surface area contributed by atoms with E-state index in [1.165, 1.54) is 16.5 Å². The molecule has 0 bridgehead atoms. The second-order valence-electron chi connectivity index (χ2n) is 5.17. The van der Waals surface area contributed by atoms with E-state index < -0.39 is 0 Å². The van der Waals surface area contributed by atoms with Crippen LogP contribution in [-0.2, 0) is 4.74 Å². The molecular formula is C15H21N3O. The fourth-order valence-corrected chi connectivity index (χ4v) is 2.61. The van der Waals surface area contributed by atoms with Crippen molar-refractivity contribution in [2.75, 3.05) is 32.8 Å². The molecule has 1 saturated heterocycles. The number of nitrogens with one attached hydrogen (secondary N) is 1. The first kappa shape index (κ1) is 12.7. The summed E-state index contributed by atoms with van der Waals surface area (Å²) in [5.41, 5.74) is 8.68. The molecule has 102 valence electrons. The number of hydrogen-bond donors (Lipinski definition) is 2. The van der Waals surface area contributed by atoms with Gasteiger partial charge < -0.3 is 15.5 Å². The minimum Gasteiger partial charge on any atom is -0.379 e. The average Bonchev–Trinajstić information content (AvgIpc) is 2.93. The molecular weight excluding hydrogens is 238 g/mol. The van der Waals surface area contributed by atoms with Gasteiger partial charge >= 0.3 is 0 Å². The van der Waals surface area contributed by atoms with Crippen LogP contribution in [0.15, 0.2) is 30.5 Å².